The van der Waals surface area contributed by atoms with Crippen LogP contribution in [0.4, 0.5) is 13.2 Å². The Labute approximate surface area is 92.8 Å². The Hall–Kier alpha value is -0.483. The second-order valence-electron chi connectivity index (χ2n) is 3.68. The van der Waals surface area contributed by atoms with Crippen molar-refractivity contribution < 1.29 is 13.2 Å². The van der Waals surface area contributed by atoms with Crippen LogP contribution in [-0.4, -0.2) is 13.6 Å². The van der Waals surface area contributed by atoms with Gasteiger partial charge in [-0.3, -0.25) is 0 Å². The average Bonchev–Trinajstić information content (AvgIpc) is 2.16. The van der Waals surface area contributed by atoms with Crippen LogP contribution < -0.4 is 5.19 Å². The van der Waals surface area contributed by atoms with Crippen molar-refractivity contribution in [1.29, 1.82) is 0 Å². The van der Waals surface area contributed by atoms with Crippen molar-refractivity contribution >= 4 is 23.6 Å². The summed E-state index contributed by atoms with van der Waals surface area (Å²) in [5, 5.41) is 0.857. The van der Waals surface area contributed by atoms with Gasteiger partial charge in [-0.25, -0.2) is 0 Å². The zero-order valence-electron chi connectivity index (χ0n) is 8.31. The first-order chi connectivity index (χ1) is 6.81. The Balaban J connectivity index is 2.68. The average molecular weight is 253 g/mol. The van der Waals surface area contributed by atoms with Crippen molar-refractivity contribution in [3.8, 4) is 0 Å². The fourth-order valence-electron chi connectivity index (χ4n) is 1.31. The molecule has 0 spiro atoms. The minimum Gasteiger partial charge on any atom is -0.171 e. The summed E-state index contributed by atoms with van der Waals surface area (Å²) in [6, 6.07) is 9.06. The molecular formula is C10H12ClF3Si. The number of hydrogen-bond acceptors (Lipinski definition) is 0. The largest absolute Gasteiger partial charge is 0.388 e. The normalized spacial score (nSPS) is 16.1. The molecule has 0 nitrogen and oxygen atoms in total. The lowest BCUT2D eigenvalue weighted by Gasteiger charge is -2.20. The van der Waals surface area contributed by atoms with Crippen LogP contribution in [0.5, 0.6) is 0 Å². The molecule has 1 aromatic rings. The fourth-order valence-corrected chi connectivity index (χ4v) is 3.90. The van der Waals surface area contributed by atoms with E-state index < -0.39 is 20.0 Å². The van der Waals surface area contributed by atoms with Crippen LogP contribution >= 0.6 is 11.1 Å². The molecule has 0 radical (unpaired) electrons. The first-order valence-corrected chi connectivity index (χ1v) is 8.34. The molecule has 84 valence electrons. The molecule has 0 N–H and O–H groups in total. The molecule has 0 saturated heterocycles. The van der Waals surface area contributed by atoms with Crippen LogP contribution in [0.2, 0.25) is 12.6 Å². The van der Waals surface area contributed by atoms with E-state index in [1.165, 1.54) is 0 Å². The van der Waals surface area contributed by atoms with E-state index in [9.17, 15) is 13.2 Å². The van der Waals surface area contributed by atoms with Crippen molar-refractivity contribution in [2.24, 2.45) is 0 Å². The van der Waals surface area contributed by atoms with Gasteiger partial charge < -0.3 is 0 Å². The van der Waals surface area contributed by atoms with Crippen LogP contribution in [0.3, 0.4) is 0 Å². The monoisotopic (exact) mass is 252 g/mol. The maximum atomic E-state index is 12.1. The van der Waals surface area contributed by atoms with Crippen LogP contribution in [-0.2, 0) is 0 Å². The molecule has 1 rings (SSSR count). The minimum atomic E-state index is -4.11. The molecular weight excluding hydrogens is 241 g/mol. The van der Waals surface area contributed by atoms with Gasteiger partial charge in [-0.1, -0.05) is 36.9 Å². The van der Waals surface area contributed by atoms with Gasteiger partial charge in [-0.2, -0.15) is 24.3 Å². The maximum Gasteiger partial charge on any atom is 0.388 e. The summed E-state index contributed by atoms with van der Waals surface area (Å²) >= 11 is 6.21. The van der Waals surface area contributed by atoms with Gasteiger partial charge in [0, 0.05) is 6.42 Å². The molecule has 1 unspecified atom stereocenters. The number of alkyl halides is 3. The molecule has 0 aromatic heterocycles. The van der Waals surface area contributed by atoms with E-state index in [0.717, 1.165) is 5.19 Å². The van der Waals surface area contributed by atoms with Gasteiger partial charge in [0.2, 0.25) is 0 Å². The fraction of sp³-hybridized carbons (Fsp3) is 0.400. The van der Waals surface area contributed by atoms with Crippen molar-refractivity contribution in [1.82, 2.24) is 0 Å². The number of hydrogen-bond donors (Lipinski definition) is 0. The summed E-state index contributed by atoms with van der Waals surface area (Å²) in [5.74, 6) is 0. The van der Waals surface area contributed by atoms with E-state index in [1.807, 2.05) is 6.07 Å². The molecule has 1 aromatic carbocycles. The van der Waals surface area contributed by atoms with Gasteiger partial charge >= 0.3 is 6.18 Å². The van der Waals surface area contributed by atoms with Crippen molar-refractivity contribution in [2.45, 2.75) is 25.2 Å². The minimum absolute atomic E-state index is 0.0298. The van der Waals surface area contributed by atoms with Gasteiger partial charge in [0.15, 0.2) is 7.38 Å². The van der Waals surface area contributed by atoms with Gasteiger partial charge in [0.25, 0.3) is 0 Å². The highest BCUT2D eigenvalue weighted by Gasteiger charge is 2.34. The Morgan fingerprint density at radius 3 is 2.20 bits per heavy atom. The predicted molar refractivity (Wildman–Crippen MR) is 59.0 cm³/mol. The molecule has 0 heterocycles. The molecule has 0 fully saturated rings. The lowest BCUT2D eigenvalue weighted by molar-refractivity contribution is -0.130. The third kappa shape index (κ3) is 4.26. The Kier molecular flexibility index (Phi) is 3.84. The van der Waals surface area contributed by atoms with E-state index >= 15 is 0 Å². The summed E-state index contributed by atoms with van der Waals surface area (Å²) in [6.45, 7) is 1.75. The zero-order chi connectivity index (χ0) is 11.5. The van der Waals surface area contributed by atoms with Gasteiger partial charge in [0.1, 0.15) is 0 Å². The smallest absolute Gasteiger partial charge is 0.171 e. The molecule has 0 aliphatic heterocycles. The summed E-state index contributed by atoms with van der Waals surface area (Å²) in [7, 11) is -2.44. The van der Waals surface area contributed by atoms with Crippen LogP contribution in [0.25, 0.3) is 0 Å². The summed E-state index contributed by atoms with van der Waals surface area (Å²) in [4.78, 5) is 0. The highest BCUT2D eigenvalue weighted by molar-refractivity contribution is 7.26. The van der Waals surface area contributed by atoms with Gasteiger partial charge in [-0.15, -0.1) is 0 Å². The summed E-state index contributed by atoms with van der Waals surface area (Å²) in [6.07, 6.45) is -4.91. The molecule has 15 heavy (non-hydrogen) atoms. The topological polar surface area (TPSA) is 0 Å². The Bertz CT molecular complexity index is 308. The molecule has 5 heteroatoms. The first kappa shape index (κ1) is 12.6. The third-order valence-corrected chi connectivity index (χ3v) is 6.20. The third-order valence-electron chi connectivity index (χ3n) is 2.25. The van der Waals surface area contributed by atoms with Gasteiger partial charge in [0.05, 0.1) is 0 Å². The first-order valence-electron chi connectivity index (χ1n) is 4.62. The van der Waals surface area contributed by atoms with E-state index in [0.29, 0.717) is 0 Å². The zero-order valence-corrected chi connectivity index (χ0v) is 10.1. The highest BCUT2D eigenvalue weighted by Crippen LogP contribution is 2.27. The molecule has 0 aliphatic rings. The Morgan fingerprint density at radius 2 is 1.73 bits per heavy atom. The highest BCUT2D eigenvalue weighted by atomic mass is 35.6. The van der Waals surface area contributed by atoms with Crippen molar-refractivity contribution in [2.75, 3.05) is 0 Å². The quantitative estimate of drug-likeness (QED) is 0.569. The van der Waals surface area contributed by atoms with Crippen LogP contribution in [0.15, 0.2) is 30.3 Å². The number of halogens is 4. The van der Waals surface area contributed by atoms with Crippen molar-refractivity contribution in [3.63, 3.8) is 0 Å². The number of rotatable bonds is 3. The molecule has 0 saturated carbocycles. The van der Waals surface area contributed by atoms with E-state index in [2.05, 4.69) is 0 Å². The Morgan fingerprint density at radius 1 is 1.20 bits per heavy atom. The summed E-state index contributed by atoms with van der Waals surface area (Å²) < 4.78 is 36.2. The molecule has 1 atom stereocenters. The maximum absolute atomic E-state index is 12.1. The lowest BCUT2D eigenvalue weighted by atomic mass is 10.4. The van der Waals surface area contributed by atoms with E-state index in [-0.39, 0.29) is 6.04 Å². The SMILES string of the molecule is C[Si](Cl)(CCC(F)(F)F)c1ccccc1. The van der Waals surface area contributed by atoms with Crippen molar-refractivity contribution in [3.05, 3.63) is 30.3 Å². The van der Waals surface area contributed by atoms with E-state index in [1.54, 1.807) is 30.8 Å². The second kappa shape index (κ2) is 4.57. The van der Waals surface area contributed by atoms with Crippen LogP contribution in [0.1, 0.15) is 6.42 Å². The standard InChI is InChI=1S/C10H12ClF3Si/c1-15(11,8-7-10(12,13)14)9-5-3-2-4-6-9/h2-6H,7-8H2,1H3. The molecule has 0 amide bonds. The summed E-state index contributed by atoms with van der Waals surface area (Å²) in [5.41, 5.74) is 0. The number of benzene rings is 1. The van der Waals surface area contributed by atoms with E-state index in [4.69, 9.17) is 11.1 Å². The van der Waals surface area contributed by atoms with Gasteiger partial charge in [-0.05, 0) is 11.2 Å². The molecule has 0 aliphatic carbocycles. The lowest BCUT2D eigenvalue weighted by Crippen LogP contribution is -2.39. The predicted octanol–water partition coefficient (Wildman–Crippen LogP) is 3.66. The molecule has 0 bridgehead atoms. The second-order valence-corrected chi connectivity index (χ2v) is 9.65. The van der Waals surface area contributed by atoms with Crippen LogP contribution in [0, 0.1) is 0 Å².